The molecule has 1 rings (SSSR count). The quantitative estimate of drug-likeness (QED) is 0.634. The standard InChI is InChI=1S/C14H21ClN2O2/c1-10(2)14(3,4)9-16-8-11-7-12(17(18)19)5-6-13(11)15/h5-7,10,16H,8-9H2,1-4H3. The zero-order chi connectivity index (χ0) is 14.6. The summed E-state index contributed by atoms with van der Waals surface area (Å²) in [7, 11) is 0. The minimum Gasteiger partial charge on any atom is -0.312 e. The number of rotatable bonds is 6. The lowest BCUT2D eigenvalue weighted by atomic mass is 9.81. The number of nitro groups is 1. The van der Waals surface area contributed by atoms with Crippen LogP contribution in [0.1, 0.15) is 33.3 Å². The zero-order valence-corrected chi connectivity index (χ0v) is 12.6. The van der Waals surface area contributed by atoms with Crippen LogP contribution >= 0.6 is 11.6 Å². The average molecular weight is 285 g/mol. The Labute approximate surface area is 119 Å². The van der Waals surface area contributed by atoms with E-state index in [0.717, 1.165) is 12.1 Å². The predicted molar refractivity (Wildman–Crippen MR) is 78.4 cm³/mol. The van der Waals surface area contributed by atoms with E-state index in [1.165, 1.54) is 12.1 Å². The number of benzene rings is 1. The first kappa shape index (κ1) is 15.9. The highest BCUT2D eigenvalue weighted by Gasteiger charge is 2.21. The van der Waals surface area contributed by atoms with Gasteiger partial charge in [-0.15, -0.1) is 0 Å². The Morgan fingerprint density at radius 2 is 2.05 bits per heavy atom. The highest BCUT2D eigenvalue weighted by atomic mass is 35.5. The molecule has 0 saturated heterocycles. The normalized spacial score (nSPS) is 11.9. The monoisotopic (exact) mass is 284 g/mol. The summed E-state index contributed by atoms with van der Waals surface area (Å²) in [6.07, 6.45) is 0. The molecule has 1 N–H and O–H groups in total. The third-order valence-corrected chi connectivity index (χ3v) is 4.07. The Morgan fingerprint density at radius 3 is 2.58 bits per heavy atom. The van der Waals surface area contributed by atoms with Crippen molar-refractivity contribution >= 4 is 17.3 Å². The average Bonchev–Trinajstić information content (AvgIpc) is 2.30. The van der Waals surface area contributed by atoms with Gasteiger partial charge in [-0.3, -0.25) is 10.1 Å². The van der Waals surface area contributed by atoms with E-state index in [1.54, 1.807) is 6.07 Å². The Kier molecular flexibility index (Phi) is 5.32. The number of hydrogen-bond donors (Lipinski definition) is 1. The fourth-order valence-electron chi connectivity index (χ4n) is 1.53. The Hall–Kier alpha value is -1.13. The van der Waals surface area contributed by atoms with Crippen molar-refractivity contribution in [3.05, 3.63) is 38.9 Å². The summed E-state index contributed by atoms with van der Waals surface area (Å²) in [4.78, 5) is 10.3. The molecule has 0 heterocycles. The molecule has 0 atom stereocenters. The summed E-state index contributed by atoms with van der Waals surface area (Å²) >= 11 is 6.05. The molecule has 0 spiro atoms. The van der Waals surface area contributed by atoms with Crippen LogP contribution in [0.25, 0.3) is 0 Å². The SMILES string of the molecule is CC(C)C(C)(C)CNCc1cc([N+](=O)[O-])ccc1Cl. The number of halogens is 1. The summed E-state index contributed by atoms with van der Waals surface area (Å²) in [5, 5.41) is 14.6. The molecular formula is C14H21ClN2O2. The van der Waals surface area contributed by atoms with Crippen molar-refractivity contribution in [2.24, 2.45) is 11.3 Å². The summed E-state index contributed by atoms with van der Waals surface area (Å²) in [6.45, 7) is 10.1. The minimum absolute atomic E-state index is 0.0734. The molecule has 19 heavy (non-hydrogen) atoms. The smallest absolute Gasteiger partial charge is 0.269 e. The third-order valence-electron chi connectivity index (χ3n) is 3.70. The van der Waals surface area contributed by atoms with Gasteiger partial charge in [-0.2, -0.15) is 0 Å². The topological polar surface area (TPSA) is 55.2 Å². The van der Waals surface area contributed by atoms with E-state index in [4.69, 9.17) is 11.6 Å². The fourth-order valence-corrected chi connectivity index (χ4v) is 1.72. The largest absolute Gasteiger partial charge is 0.312 e. The second-order valence-electron chi connectivity index (χ2n) is 5.78. The Bertz CT molecular complexity index is 459. The fraction of sp³-hybridized carbons (Fsp3) is 0.571. The molecule has 0 aliphatic rings. The molecule has 0 fully saturated rings. The maximum Gasteiger partial charge on any atom is 0.269 e. The molecule has 1 aromatic rings. The van der Waals surface area contributed by atoms with Gasteiger partial charge < -0.3 is 5.32 Å². The number of nitrogens with one attached hydrogen (secondary N) is 1. The van der Waals surface area contributed by atoms with Crippen molar-refractivity contribution in [3.8, 4) is 0 Å². The van der Waals surface area contributed by atoms with E-state index in [0.29, 0.717) is 17.5 Å². The molecule has 0 saturated carbocycles. The number of hydrogen-bond acceptors (Lipinski definition) is 3. The maximum atomic E-state index is 10.7. The van der Waals surface area contributed by atoms with Crippen molar-refractivity contribution in [2.75, 3.05) is 6.54 Å². The second-order valence-corrected chi connectivity index (χ2v) is 6.19. The number of nitro benzene ring substituents is 1. The van der Waals surface area contributed by atoms with Gasteiger partial charge in [0.25, 0.3) is 5.69 Å². The van der Waals surface area contributed by atoms with E-state index in [1.807, 2.05) is 0 Å². The van der Waals surface area contributed by atoms with Crippen LogP contribution in [0.2, 0.25) is 5.02 Å². The Morgan fingerprint density at radius 1 is 1.42 bits per heavy atom. The van der Waals surface area contributed by atoms with Gasteiger partial charge in [-0.1, -0.05) is 39.3 Å². The van der Waals surface area contributed by atoms with Crippen molar-refractivity contribution in [1.29, 1.82) is 0 Å². The van der Waals surface area contributed by atoms with E-state index in [9.17, 15) is 10.1 Å². The van der Waals surface area contributed by atoms with Crippen LogP contribution in [0.4, 0.5) is 5.69 Å². The van der Waals surface area contributed by atoms with E-state index < -0.39 is 4.92 Å². The van der Waals surface area contributed by atoms with Crippen LogP contribution in [0.15, 0.2) is 18.2 Å². The molecule has 0 unspecified atom stereocenters. The molecule has 0 amide bonds. The van der Waals surface area contributed by atoms with Gasteiger partial charge in [-0.25, -0.2) is 0 Å². The first-order valence-electron chi connectivity index (χ1n) is 6.37. The first-order valence-corrected chi connectivity index (χ1v) is 6.75. The molecular weight excluding hydrogens is 264 g/mol. The summed E-state index contributed by atoms with van der Waals surface area (Å²) in [5.41, 5.74) is 1.01. The van der Waals surface area contributed by atoms with Crippen molar-refractivity contribution < 1.29 is 4.92 Å². The van der Waals surface area contributed by atoms with Crippen molar-refractivity contribution in [3.63, 3.8) is 0 Å². The van der Waals surface area contributed by atoms with Gasteiger partial charge in [0.2, 0.25) is 0 Å². The van der Waals surface area contributed by atoms with Crippen molar-refractivity contribution in [2.45, 2.75) is 34.2 Å². The number of non-ortho nitro benzene ring substituents is 1. The lowest BCUT2D eigenvalue weighted by Gasteiger charge is -2.29. The van der Waals surface area contributed by atoms with Gasteiger partial charge in [0.1, 0.15) is 0 Å². The summed E-state index contributed by atoms with van der Waals surface area (Å²) in [6, 6.07) is 4.52. The molecule has 0 radical (unpaired) electrons. The second kappa shape index (κ2) is 6.35. The molecule has 4 nitrogen and oxygen atoms in total. The predicted octanol–water partition coefficient (Wildman–Crippen LogP) is 4.02. The highest BCUT2D eigenvalue weighted by molar-refractivity contribution is 6.31. The summed E-state index contributed by atoms with van der Waals surface area (Å²) < 4.78 is 0. The van der Waals surface area contributed by atoms with Crippen LogP contribution in [-0.4, -0.2) is 11.5 Å². The van der Waals surface area contributed by atoms with Crippen LogP contribution in [0, 0.1) is 21.4 Å². The number of nitrogens with zero attached hydrogens (tertiary/aromatic N) is 1. The molecule has 5 heteroatoms. The zero-order valence-electron chi connectivity index (χ0n) is 11.9. The van der Waals surface area contributed by atoms with E-state index >= 15 is 0 Å². The third kappa shape index (κ3) is 4.48. The van der Waals surface area contributed by atoms with E-state index in [2.05, 4.69) is 33.0 Å². The van der Waals surface area contributed by atoms with Gasteiger partial charge >= 0.3 is 0 Å². The lowest BCUT2D eigenvalue weighted by molar-refractivity contribution is -0.384. The highest BCUT2D eigenvalue weighted by Crippen LogP contribution is 2.26. The van der Waals surface area contributed by atoms with E-state index in [-0.39, 0.29) is 11.1 Å². The molecule has 0 aliphatic heterocycles. The molecule has 106 valence electrons. The van der Waals surface area contributed by atoms with Gasteiger partial charge in [0.05, 0.1) is 4.92 Å². The minimum atomic E-state index is -0.405. The molecule has 1 aromatic carbocycles. The van der Waals surface area contributed by atoms with Crippen LogP contribution in [-0.2, 0) is 6.54 Å². The molecule has 0 aliphatic carbocycles. The maximum absolute atomic E-state index is 10.7. The van der Waals surface area contributed by atoms with Crippen molar-refractivity contribution in [1.82, 2.24) is 5.32 Å². The van der Waals surface area contributed by atoms with Gasteiger partial charge in [-0.05, 0) is 23.0 Å². The summed E-state index contributed by atoms with van der Waals surface area (Å²) in [5.74, 6) is 0.556. The first-order chi connectivity index (χ1) is 8.74. The van der Waals surface area contributed by atoms with Gasteiger partial charge in [0, 0.05) is 30.2 Å². The van der Waals surface area contributed by atoms with Crippen LogP contribution in [0.3, 0.4) is 0 Å². The Balaban J connectivity index is 2.68. The van der Waals surface area contributed by atoms with Crippen LogP contribution in [0.5, 0.6) is 0 Å². The lowest BCUT2D eigenvalue weighted by Crippen LogP contribution is -2.33. The van der Waals surface area contributed by atoms with Gasteiger partial charge in [0.15, 0.2) is 0 Å². The van der Waals surface area contributed by atoms with Crippen LogP contribution < -0.4 is 5.32 Å². The molecule has 0 bridgehead atoms. The molecule has 0 aromatic heterocycles.